The number of carbonyl (C=O) groups is 2. The monoisotopic (exact) mass is 366 g/mol. The molecule has 1 aliphatic carbocycles. The standard InChI is InChI=1S/C22H26N2O3/c1-16(2)24(21(25)15-27-22(26)17-7-6-8-17)20-13-11-19(12-14-20)23-18-9-4-3-5-10-18/h3-5,9-14,16-17,23H,6-8,15H2,1-2H3. The topological polar surface area (TPSA) is 58.6 Å². The highest BCUT2D eigenvalue weighted by Gasteiger charge is 2.28. The molecule has 0 spiro atoms. The lowest BCUT2D eigenvalue weighted by atomic mass is 9.86. The zero-order valence-corrected chi connectivity index (χ0v) is 15.9. The van der Waals surface area contributed by atoms with Gasteiger partial charge >= 0.3 is 5.97 Å². The molecule has 0 unspecified atom stereocenters. The number of carbonyl (C=O) groups excluding carboxylic acids is 2. The molecule has 1 saturated carbocycles. The Labute approximate surface area is 160 Å². The molecule has 0 aliphatic heterocycles. The second kappa shape index (κ2) is 8.71. The molecule has 5 nitrogen and oxygen atoms in total. The first-order valence-corrected chi connectivity index (χ1v) is 9.45. The van der Waals surface area contributed by atoms with Crippen molar-refractivity contribution in [2.45, 2.75) is 39.2 Å². The number of nitrogens with zero attached hydrogens (tertiary/aromatic N) is 1. The maximum Gasteiger partial charge on any atom is 0.309 e. The number of anilines is 3. The lowest BCUT2D eigenvalue weighted by Gasteiger charge is -2.28. The molecule has 0 saturated heterocycles. The van der Waals surface area contributed by atoms with Crippen LogP contribution >= 0.6 is 0 Å². The number of amides is 1. The van der Waals surface area contributed by atoms with Crippen molar-refractivity contribution >= 4 is 28.9 Å². The number of esters is 1. The quantitative estimate of drug-likeness (QED) is 0.732. The Balaban J connectivity index is 1.63. The van der Waals surface area contributed by atoms with Gasteiger partial charge in [0.05, 0.1) is 5.92 Å². The van der Waals surface area contributed by atoms with Crippen LogP contribution in [0.1, 0.15) is 33.1 Å². The largest absolute Gasteiger partial charge is 0.455 e. The predicted molar refractivity (Wildman–Crippen MR) is 107 cm³/mol. The molecule has 0 atom stereocenters. The van der Waals surface area contributed by atoms with E-state index in [9.17, 15) is 9.59 Å². The maximum absolute atomic E-state index is 12.6. The molecule has 0 aromatic heterocycles. The van der Waals surface area contributed by atoms with Gasteiger partial charge in [0, 0.05) is 23.1 Å². The van der Waals surface area contributed by atoms with Crippen LogP contribution < -0.4 is 10.2 Å². The molecule has 1 aliphatic rings. The van der Waals surface area contributed by atoms with Crippen molar-refractivity contribution in [1.82, 2.24) is 0 Å². The maximum atomic E-state index is 12.6. The third-order valence-corrected chi connectivity index (χ3v) is 4.77. The molecule has 3 rings (SSSR count). The van der Waals surface area contributed by atoms with E-state index in [1.165, 1.54) is 0 Å². The van der Waals surface area contributed by atoms with Crippen molar-refractivity contribution in [3.63, 3.8) is 0 Å². The lowest BCUT2D eigenvalue weighted by Crippen LogP contribution is -2.40. The van der Waals surface area contributed by atoms with Crippen LogP contribution in [0.2, 0.25) is 0 Å². The van der Waals surface area contributed by atoms with Crippen LogP contribution in [0.25, 0.3) is 0 Å². The van der Waals surface area contributed by atoms with Crippen LogP contribution in [0.5, 0.6) is 0 Å². The summed E-state index contributed by atoms with van der Waals surface area (Å²) in [5.74, 6) is -0.476. The highest BCUT2D eigenvalue weighted by atomic mass is 16.5. The van der Waals surface area contributed by atoms with Crippen molar-refractivity contribution in [3.05, 3.63) is 54.6 Å². The van der Waals surface area contributed by atoms with E-state index < -0.39 is 0 Å². The zero-order chi connectivity index (χ0) is 19.2. The molecule has 2 aromatic rings. The van der Waals surface area contributed by atoms with Crippen molar-refractivity contribution < 1.29 is 14.3 Å². The first-order chi connectivity index (χ1) is 13.0. The molecule has 0 bridgehead atoms. The Hall–Kier alpha value is -2.82. The molecule has 5 heteroatoms. The number of ether oxygens (including phenoxy) is 1. The summed E-state index contributed by atoms with van der Waals surface area (Å²) < 4.78 is 5.22. The van der Waals surface area contributed by atoms with Gasteiger partial charge < -0.3 is 15.0 Å². The van der Waals surface area contributed by atoms with Crippen LogP contribution in [0.15, 0.2) is 54.6 Å². The fourth-order valence-corrected chi connectivity index (χ4v) is 3.09. The van der Waals surface area contributed by atoms with E-state index >= 15 is 0 Å². The Morgan fingerprint density at radius 2 is 1.67 bits per heavy atom. The second-order valence-electron chi connectivity index (χ2n) is 7.13. The Morgan fingerprint density at radius 3 is 2.22 bits per heavy atom. The predicted octanol–water partition coefficient (Wildman–Crippen LogP) is 4.51. The molecule has 0 heterocycles. The molecule has 0 radical (unpaired) electrons. The molecule has 1 fully saturated rings. The smallest absolute Gasteiger partial charge is 0.309 e. The molecular weight excluding hydrogens is 340 g/mol. The number of nitrogens with one attached hydrogen (secondary N) is 1. The first-order valence-electron chi connectivity index (χ1n) is 9.45. The average molecular weight is 366 g/mol. The Morgan fingerprint density at radius 1 is 1.04 bits per heavy atom. The second-order valence-corrected chi connectivity index (χ2v) is 7.13. The molecule has 2 aromatic carbocycles. The fourth-order valence-electron chi connectivity index (χ4n) is 3.09. The van der Waals surface area contributed by atoms with Crippen LogP contribution in [-0.2, 0) is 14.3 Å². The van der Waals surface area contributed by atoms with Crippen LogP contribution in [-0.4, -0.2) is 24.5 Å². The van der Waals surface area contributed by atoms with E-state index in [1.54, 1.807) is 4.90 Å². The van der Waals surface area contributed by atoms with Gasteiger partial charge in [0.2, 0.25) is 0 Å². The minimum absolute atomic E-state index is 0.0198. The summed E-state index contributed by atoms with van der Waals surface area (Å²) in [6.45, 7) is 3.68. The third-order valence-electron chi connectivity index (χ3n) is 4.77. The number of hydrogen-bond donors (Lipinski definition) is 1. The van der Waals surface area contributed by atoms with Crippen LogP contribution in [0, 0.1) is 5.92 Å². The zero-order valence-electron chi connectivity index (χ0n) is 15.9. The summed E-state index contributed by atoms with van der Waals surface area (Å²) in [5.41, 5.74) is 2.73. The lowest BCUT2D eigenvalue weighted by molar-refractivity contribution is -0.154. The van der Waals surface area contributed by atoms with E-state index in [4.69, 9.17) is 4.74 Å². The summed E-state index contributed by atoms with van der Waals surface area (Å²) in [4.78, 5) is 26.2. The van der Waals surface area contributed by atoms with Gasteiger partial charge in [0.1, 0.15) is 0 Å². The summed E-state index contributed by atoms with van der Waals surface area (Å²) >= 11 is 0. The highest BCUT2D eigenvalue weighted by Crippen LogP contribution is 2.27. The van der Waals surface area contributed by atoms with Gasteiger partial charge in [0.25, 0.3) is 5.91 Å². The summed E-state index contributed by atoms with van der Waals surface area (Å²) in [6.07, 6.45) is 2.81. The van der Waals surface area contributed by atoms with Gasteiger partial charge in [0.15, 0.2) is 6.61 Å². The van der Waals surface area contributed by atoms with Gasteiger partial charge in [-0.2, -0.15) is 0 Å². The molecule has 27 heavy (non-hydrogen) atoms. The van der Waals surface area contributed by atoms with Gasteiger partial charge in [-0.15, -0.1) is 0 Å². The fraction of sp³-hybridized carbons (Fsp3) is 0.364. The first kappa shape index (κ1) is 19.0. The number of rotatable bonds is 7. The minimum atomic E-state index is -0.249. The van der Waals surface area contributed by atoms with E-state index in [2.05, 4.69) is 5.32 Å². The number of benzene rings is 2. The van der Waals surface area contributed by atoms with Crippen LogP contribution in [0.4, 0.5) is 17.1 Å². The van der Waals surface area contributed by atoms with Crippen molar-refractivity contribution in [2.75, 3.05) is 16.8 Å². The minimum Gasteiger partial charge on any atom is -0.455 e. The molecule has 1 amide bonds. The van der Waals surface area contributed by atoms with Gasteiger partial charge in [-0.1, -0.05) is 24.6 Å². The highest BCUT2D eigenvalue weighted by molar-refractivity contribution is 5.96. The van der Waals surface area contributed by atoms with Crippen molar-refractivity contribution in [2.24, 2.45) is 5.92 Å². The van der Waals surface area contributed by atoms with Crippen LogP contribution in [0.3, 0.4) is 0 Å². The third kappa shape index (κ3) is 4.88. The molecular formula is C22H26N2O3. The van der Waals surface area contributed by atoms with Gasteiger partial charge in [-0.25, -0.2) is 0 Å². The summed E-state index contributed by atoms with van der Waals surface area (Å²) in [5, 5.41) is 3.32. The normalized spacial score (nSPS) is 13.7. The van der Waals surface area contributed by atoms with Crippen molar-refractivity contribution in [3.8, 4) is 0 Å². The average Bonchev–Trinajstić information content (AvgIpc) is 2.61. The Kier molecular flexibility index (Phi) is 6.12. The van der Waals surface area contributed by atoms with E-state index in [1.807, 2.05) is 68.4 Å². The van der Waals surface area contributed by atoms with E-state index in [0.29, 0.717) is 0 Å². The van der Waals surface area contributed by atoms with E-state index in [0.717, 1.165) is 36.3 Å². The molecule has 142 valence electrons. The SMILES string of the molecule is CC(C)N(C(=O)COC(=O)C1CCC1)c1ccc(Nc2ccccc2)cc1. The Bertz CT molecular complexity index is 768. The number of hydrogen-bond acceptors (Lipinski definition) is 4. The summed E-state index contributed by atoms with van der Waals surface area (Å²) in [7, 11) is 0. The van der Waals surface area contributed by atoms with E-state index in [-0.39, 0.29) is 30.4 Å². The van der Waals surface area contributed by atoms with Crippen molar-refractivity contribution in [1.29, 1.82) is 0 Å². The van der Waals surface area contributed by atoms with Gasteiger partial charge in [-0.3, -0.25) is 9.59 Å². The van der Waals surface area contributed by atoms with Gasteiger partial charge in [-0.05, 0) is 63.1 Å². The summed E-state index contributed by atoms with van der Waals surface area (Å²) in [6, 6.07) is 17.5. The number of para-hydroxylation sites is 1. The molecule has 1 N–H and O–H groups in total.